The summed E-state index contributed by atoms with van der Waals surface area (Å²) in [6, 6.07) is 4.39. The van der Waals surface area contributed by atoms with Crippen LogP contribution in [0.3, 0.4) is 0 Å². The Hall–Kier alpha value is -1.67. The van der Waals surface area contributed by atoms with Crippen LogP contribution in [0, 0.1) is 0 Å². The summed E-state index contributed by atoms with van der Waals surface area (Å²) in [6.45, 7) is -2.99. The van der Waals surface area contributed by atoms with Crippen LogP contribution in [0.2, 0.25) is 10.0 Å². The number of aliphatic hydroxyl groups excluding tert-OH is 1. The summed E-state index contributed by atoms with van der Waals surface area (Å²) in [5, 5.41) is 11.4. The smallest absolute Gasteiger partial charge is 0.387 e. The lowest BCUT2D eigenvalue weighted by atomic mass is 9.97. The van der Waals surface area contributed by atoms with Crippen molar-refractivity contribution in [3.8, 4) is 11.5 Å². The van der Waals surface area contributed by atoms with E-state index in [1.165, 1.54) is 30.6 Å². The SMILES string of the molecule is OC(Cc1c(Cl)cncc1Cl)c1ccc(OC(F)F)c(OC2CC3CCC2O3)c1. The maximum atomic E-state index is 12.8. The van der Waals surface area contributed by atoms with E-state index >= 15 is 0 Å². The number of pyridine rings is 1. The van der Waals surface area contributed by atoms with Crippen LogP contribution >= 0.6 is 23.2 Å². The fraction of sp³-hybridized carbons (Fsp3) is 0.450. The molecule has 0 amide bonds. The zero-order valence-corrected chi connectivity index (χ0v) is 16.7. The molecule has 29 heavy (non-hydrogen) atoms. The Bertz CT molecular complexity index is 865. The zero-order valence-electron chi connectivity index (χ0n) is 15.2. The highest BCUT2D eigenvalue weighted by Gasteiger charge is 2.42. The van der Waals surface area contributed by atoms with Crippen LogP contribution in [0.4, 0.5) is 8.78 Å². The molecular formula is C20H19Cl2F2NO4. The van der Waals surface area contributed by atoms with Crippen molar-refractivity contribution >= 4 is 23.2 Å². The van der Waals surface area contributed by atoms with E-state index in [-0.39, 0.29) is 36.2 Å². The average Bonchev–Trinajstić information content (AvgIpc) is 3.29. The monoisotopic (exact) mass is 445 g/mol. The standard InChI is InChI=1S/C20H19Cl2F2NO4/c21-13-8-25-9-14(22)12(13)7-15(26)10-1-3-17(29-20(23)24)18(5-10)28-19-6-11-2-4-16(19)27-11/h1,3,5,8-9,11,15-16,19-20,26H,2,4,6-7H2. The van der Waals surface area contributed by atoms with Gasteiger partial charge in [-0.2, -0.15) is 8.78 Å². The molecule has 1 N–H and O–H groups in total. The van der Waals surface area contributed by atoms with Gasteiger partial charge in [-0.1, -0.05) is 29.3 Å². The van der Waals surface area contributed by atoms with Gasteiger partial charge in [0.25, 0.3) is 0 Å². The fourth-order valence-electron chi connectivity index (χ4n) is 3.84. The molecule has 3 heterocycles. The molecule has 2 aliphatic heterocycles. The second-order valence-corrected chi connectivity index (χ2v) is 7.97. The van der Waals surface area contributed by atoms with Crippen molar-refractivity contribution < 1.29 is 28.1 Å². The van der Waals surface area contributed by atoms with E-state index in [4.69, 9.17) is 32.7 Å². The summed E-state index contributed by atoms with van der Waals surface area (Å²) in [4.78, 5) is 3.89. The second-order valence-electron chi connectivity index (χ2n) is 7.15. The average molecular weight is 446 g/mol. The van der Waals surface area contributed by atoms with Crippen LogP contribution in [0.1, 0.15) is 36.5 Å². The number of halogens is 4. The summed E-state index contributed by atoms with van der Waals surface area (Å²) in [5.41, 5.74) is 1.02. The first-order valence-electron chi connectivity index (χ1n) is 9.27. The number of nitrogens with zero attached hydrogens (tertiary/aromatic N) is 1. The van der Waals surface area contributed by atoms with Crippen LogP contribution in [-0.2, 0) is 11.2 Å². The molecule has 156 valence electrons. The van der Waals surface area contributed by atoms with Crippen molar-refractivity contribution in [2.45, 2.75) is 56.7 Å². The summed E-state index contributed by atoms with van der Waals surface area (Å²) in [6.07, 6.45) is 4.46. The predicted octanol–water partition coefficient (Wildman–Crippen LogP) is 4.96. The largest absolute Gasteiger partial charge is 0.484 e. The third-order valence-corrected chi connectivity index (χ3v) is 5.90. The van der Waals surface area contributed by atoms with E-state index in [1.54, 1.807) is 0 Å². The third-order valence-electron chi connectivity index (χ3n) is 5.25. The molecule has 2 aliphatic rings. The minimum Gasteiger partial charge on any atom is -0.484 e. The minimum absolute atomic E-state index is 0.0533. The number of rotatable bonds is 7. The first-order chi connectivity index (χ1) is 13.9. The van der Waals surface area contributed by atoms with E-state index < -0.39 is 12.7 Å². The van der Waals surface area contributed by atoms with Gasteiger partial charge in [0, 0.05) is 25.2 Å². The molecule has 0 aliphatic carbocycles. The van der Waals surface area contributed by atoms with Gasteiger partial charge in [-0.3, -0.25) is 4.98 Å². The number of fused-ring (bicyclic) bond motifs is 2. The van der Waals surface area contributed by atoms with E-state index in [0.717, 1.165) is 12.8 Å². The van der Waals surface area contributed by atoms with E-state index in [1.807, 2.05) is 0 Å². The molecule has 2 bridgehead atoms. The molecule has 0 radical (unpaired) electrons. The Morgan fingerprint density at radius 2 is 1.93 bits per heavy atom. The van der Waals surface area contributed by atoms with Gasteiger partial charge in [-0.15, -0.1) is 0 Å². The van der Waals surface area contributed by atoms with Gasteiger partial charge in [0.1, 0.15) is 6.10 Å². The summed E-state index contributed by atoms with van der Waals surface area (Å²) < 4.78 is 42.0. The zero-order chi connectivity index (χ0) is 20.5. The quantitative estimate of drug-likeness (QED) is 0.651. The number of hydrogen-bond acceptors (Lipinski definition) is 5. The van der Waals surface area contributed by atoms with Gasteiger partial charge < -0.3 is 19.3 Å². The molecular weight excluding hydrogens is 427 g/mol. The molecule has 0 saturated carbocycles. The van der Waals surface area contributed by atoms with Gasteiger partial charge in [0.2, 0.25) is 0 Å². The van der Waals surface area contributed by atoms with Crippen molar-refractivity contribution in [3.05, 3.63) is 51.8 Å². The number of ether oxygens (including phenoxy) is 3. The Kier molecular flexibility index (Phi) is 6.11. The number of benzene rings is 1. The molecule has 1 aromatic heterocycles. The highest BCUT2D eigenvalue weighted by molar-refractivity contribution is 6.35. The topological polar surface area (TPSA) is 60.8 Å². The van der Waals surface area contributed by atoms with Crippen LogP contribution in [0.5, 0.6) is 11.5 Å². The van der Waals surface area contributed by atoms with Gasteiger partial charge in [0.15, 0.2) is 11.5 Å². The Morgan fingerprint density at radius 1 is 1.17 bits per heavy atom. The molecule has 4 rings (SSSR count). The lowest BCUT2D eigenvalue weighted by Crippen LogP contribution is -2.28. The summed E-state index contributed by atoms with van der Waals surface area (Å²) >= 11 is 12.2. The maximum absolute atomic E-state index is 12.8. The normalized spacial score (nSPS) is 24.1. The van der Waals surface area contributed by atoms with Gasteiger partial charge in [-0.05, 0) is 36.1 Å². The number of aliphatic hydroxyl groups is 1. The lowest BCUT2D eigenvalue weighted by molar-refractivity contribution is -0.0525. The Labute approximate surface area is 176 Å². The maximum Gasteiger partial charge on any atom is 0.387 e. The van der Waals surface area contributed by atoms with Gasteiger partial charge in [-0.25, -0.2) is 0 Å². The molecule has 5 nitrogen and oxygen atoms in total. The lowest BCUT2D eigenvalue weighted by Gasteiger charge is -2.23. The molecule has 1 aromatic carbocycles. The van der Waals surface area contributed by atoms with E-state index in [2.05, 4.69) is 9.72 Å². The first kappa shape index (κ1) is 20.6. The van der Waals surface area contributed by atoms with Gasteiger partial charge in [0.05, 0.1) is 28.4 Å². The molecule has 2 fully saturated rings. The third kappa shape index (κ3) is 4.58. The molecule has 4 atom stereocenters. The molecule has 4 unspecified atom stereocenters. The van der Waals surface area contributed by atoms with Crippen LogP contribution < -0.4 is 9.47 Å². The van der Waals surface area contributed by atoms with Crippen molar-refractivity contribution in [1.82, 2.24) is 4.98 Å². The van der Waals surface area contributed by atoms with Crippen LogP contribution in [-0.4, -0.2) is 35.0 Å². The second kappa shape index (κ2) is 8.60. The van der Waals surface area contributed by atoms with E-state index in [0.29, 0.717) is 27.6 Å². The number of hydrogen-bond donors (Lipinski definition) is 1. The summed E-state index contributed by atoms with van der Waals surface area (Å²) in [7, 11) is 0. The molecule has 2 saturated heterocycles. The number of aromatic nitrogens is 1. The predicted molar refractivity (Wildman–Crippen MR) is 103 cm³/mol. The molecule has 9 heteroatoms. The van der Waals surface area contributed by atoms with Crippen molar-refractivity contribution in [2.24, 2.45) is 0 Å². The highest BCUT2D eigenvalue weighted by Crippen LogP contribution is 2.40. The fourth-order valence-corrected chi connectivity index (χ4v) is 4.36. The van der Waals surface area contributed by atoms with Crippen molar-refractivity contribution in [1.29, 1.82) is 0 Å². The molecule has 0 spiro atoms. The van der Waals surface area contributed by atoms with E-state index in [9.17, 15) is 13.9 Å². The van der Waals surface area contributed by atoms with Crippen LogP contribution in [0.15, 0.2) is 30.6 Å². The first-order valence-corrected chi connectivity index (χ1v) is 10.0. The number of alkyl halides is 2. The van der Waals surface area contributed by atoms with Gasteiger partial charge >= 0.3 is 6.61 Å². The Morgan fingerprint density at radius 3 is 2.55 bits per heavy atom. The summed E-state index contributed by atoms with van der Waals surface area (Å²) in [5.74, 6) is 0.0635. The Balaban J connectivity index is 1.57. The minimum atomic E-state index is -2.99. The van der Waals surface area contributed by atoms with Crippen molar-refractivity contribution in [3.63, 3.8) is 0 Å². The van der Waals surface area contributed by atoms with Crippen LogP contribution in [0.25, 0.3) is 0 Å². The highest BCUT2D eigenvalue weighted by atomic mass is 35.5. The molecule has 2 aromatic rings. The van der Waals surface area contributed by atoms with Crippen molar-refractivity contribution in [2.75, 3.05) is 0 Å².